The molecule has 0 radical (unpaired) electrons. The Kier molecular flexibility index (Phi) is 8.92. The van der Waals surface area contributed by atoms with E-state index in [1.807, 2.05) is 55.6 Å². The third kappa shape index (κ3) is 6.04. The van der Waals surface area contributed by atoms with E-state index < -0.39 is 0 Å². The molecule has 4 aromatic rings. The van der Waals surface area contributed by atoms with E-state index in [9.17, 15) is 4.79 Å². The number of hydrogen-bond acceptors (Lipinski definition) is 4. The first-order chi connectivity index (χ1) is 20.3. The van der Waals surface area contributed by atoms with E-state index in [1.165, 1.54) is 11.3 Å². The third-order valence-corrected chi connectivity index (χ3v) is 8.49. The molecule has 218 valence electrons. The zero-order valence-corrected chi connectivity index (χ0v) is 25.9. The maximum absolute atomic E-state index is 13.0. The molecule has 5 rings (SSSR count). The van der Waals surface area contributed by atoms with Crippen LogP contribution >= 0.6 is 12.2 Å². The van der Waals surface area contributed by atoms with Gasteiger partial charge < -0.3 is 25.0 Å². The lowest BCUT2D eigenvalue weighted by atomic mass is 9.96. The van der Waals surface area contributed by atoms with Gasteiger partial charge in [0.15, 0.2) is 5.11 Å². The molecule has 1 saturated heterocycles. The first kappa shape index (κ1) is 29.3. The highest BCUT2D eigenvalue weighted by Gasteiger charge is 2.41. The predicted molar refractivity (Wildman–Crippen MR) is 175 cm³/mol. The molecule has 2 atom stereocenters. The summed E-state index contributed by atoms with van der Waals surface area (Å²) in [4.78, 5) is 22.1. The molecular formula is C34H40N6OS. The largest absolute Gasteiger partial charge is 0.372 e. The molecule has 0 unspecified atom stereocenters. The molecule has 1 fully saturated rings. The molecule has 42 heavy (non-hydrogen) atoms. The summed E-state index contributed by atoms with van der Waals surface area (Å²) in [5.74, 6) is -0.0412. The number of benzene rings is 2. The number of aromatic nitrogens is 2. The Morgan fingerprint density at radius 1 is 1.00 bits per heavy atom. The molecule has 1 amide bonds. The third-order valence-electron chi connectivity index (χ3n) is 8.14. The van der Waals surface area contributed by atoms with Crippen LogP contribution in [0.1, 0.15) is 60.6 Å². The minimum atomic E-state index is -0.141. The average molecular weight is 581 g/mol. The number of rotatable bonds is 10. The molecule has 1 aliphatic heterocycles. The number of nitrogens with zero attached hydrogens (tertiary/aromatic N) is 4. The van der Waals surface area contributed by atoms with Crippen molar-refractivity contribution < 1.29 is 4.79 Å². The Morgan fingerprint density at radius 3 is 2.36 bits per heavy atom. The first-order valence-electron chi connectivity index (χ1n) is 14.7. The number of hydrogen-bond donors (Lipinski definition) is 2. The van der Waals surface area contributed by atoms with E-state index in [2.05, 4.69) is 88.0 Å². The summed E-state index contributed by atoms with van der Waals surface area (Å²) >= 11 is 5.87. The van der Waals surface area contributed by atoms with Crippen molar-refractivity contribution in [3.63, 3.8) is 0 Å². The second-order valence-electron chi connectivity index (χ2n) is 10.8. The van der Waals surface area contributed by atoms with Crippen molar-refractivity contribution in [1.29, 1.82) is 0 Å². The fourth-order valence-electron chi connectivity index (χ4n) is 5.95. The lowest BCUT2D eigenvalue weighted by Gasteiger charge is -2.28. The van der Waals surface area contributed by atoms with Gasteiger partial charge in [0.05, 0.1) is 17.8 Å². The molecule has 2 N–H and O–H groups in total. The Balaban J connectivity index is 1.45. The minimum Gasteiger partial charge on any atom is -0.372 e. The van der Waals surface area contributed by atoms with Crippen molar-refractivity contribution in [2.24, 2.45) is 0 Å². The van der Waals surface area contributed by atoms with Crippen LogP contribution in [0, 0.1) is 20.8 Å². The number of aryl methyl sites for hydroxylation is 2. The van der Waals surface area contributed by atoms with Crippen LogP contribution < -0.4 is 15.5 Å². The van der Waals surface area contributed by atoms with Gasteiger partial charge in [-0.05, 0) is 107 Å². The number of amides is 1. The first-order valence-corrected chi connectivity index (χ1v) is 15.1. The second-order valence-corrected chi connectivity index (χ2v) is 11.2. The zero-order chi connectivity index (χ0) is 29.8. The van der Waals surface area contributed by atoms with Crippen molar-refractivity contribution in [1.82, 2.24) is 19.8 Å². The number of carbonyl (C=O) groups is 1. The highest BCUT2D eigenvalue weighted by molar-refractivity contribution is 7.80. The van der Waals surface area contributed by atoms with E-state index >= 15 is 0 Å². The van der Waals surface area contributed by atoms with Crippen molar-refractivity contribution in [3.05, 3.63) is 107 Å². The van der Waals surface area contributed by atoms with Crippen LogP contribution in [0.3, 0.4) is 0 Å². The normalized spacial score (nSPS) is 16.4. The van der Waals surface area contributed by atoms with Crippen LogP contribution in [-0.4, -0.2) is 45.1 Å². The van der Waals surface area contributed by atoms with E-state index in [4.69, 9.17) is 12.2 Å². The monoisotopic (exact) mass is 580 g/mol. The Morgan fingerprint density at radius 2 is 1.71 bits per heavy atom. The van der Waals surface area contributed by atoms with Crippen LogP contribution in [0.15, 0.2) is 79.0 Å². The molecule has 3 heterocycles. The van der Waals surface area contributed by atoms with Gasteiger partial charge in [-0.25, -0.2) is 0 Å². The molecule has 2 aromatic carbocycles. The topological polar surface area (TPSA) is 65.4 Å². The zero-order valence-electron chi connectivity index (χ0n) is 25.1. The molecule has 7 nitrogen and oxygen atoms in total. The van der Waals surface area contributed by atoms with Gasteiger partial charge in [0.1, 0.15) is 0 Å². The molecule has 8 heteroatoms. The van der Waals surface area contributed by atoms with Gasteiger partial charge in [0, 0.05) is 60.7 Å². The van der Waals surface area contributed by atoms with E-state index in [-0.39, 0.29) is 18.0 Å². The molecular weight excluding hydrogens is 540 g/mol. The SMILES string of the molecule is CCN(CC)c1ccc(-n2c(C)cc([C@H]3[C@H](c4ccccn4)NC(=S)N3CCC(=O)Nc3ccc(C)cc3)c2C)cc1. The quantitative estimate of drug-likeness (QED) is 0.205. The standard InChI is InChI=1S/C34H40N6OS/c1-6-38(7-2)27-15-17-28(18-16-27)40-24(4)22-29(25(40)5)33-32(30-10-8-9-20-35-30)37-34(42)39(33)21-19-31(41)36-26-13-11-23(3)12-14-26/h8-18,20,22,32-33H,6-7,19,21H2,1-5H3,(H,36,41)(H,37,42)/t32-,33-/m0/s1. The van der Waals surface area contributed by atoms with Crippen LogP contribution in [0.4, 0.5) is 11.4 Å². The number of carbonyl (C=O) groups excluding carboxylic acids is 1. The van der Waals surface area contributed by atoms with Crippen LogP contribution in [0.25, 0.3) is 5.69 Å². The summed E-state index contributed by atoms with van der Waals surface area (Å²) in [6, 6.07) is 24.6. The number of nitrogens with one attached hydrogen (secondary N) is 2. The molecule has 0 aliphatic carbocycles. The summed E-state index contributed by atoms with van der Waals surface area (Å²) < 4.78 is 2.31. The fraction of sp³-hybridized carbons (Fsp3) is 0.324. The molecule has 0 bridgehead atoms. The predicted octanol–water partition coefficient (Wildman–Crippen LogP) is 6.65. The van der Waals surface area contributed by atoms with Gasteiger partial charge in [-0.3, -0.25) is 9.78 Å². The molecule has 0 spiro atoms. The smallest absolute Gasteiger partial charge is 0.226 e. The number of anilines is 2. The average Bonchev–Trinajstić information content (AvgIpc) is 3.48. The Bertz CT molecular complexity index is 1530. The lowest BCUT2D eigenvalue weighted by Crippen LogP contribution is -2.32. The van der Waals surface area contributed by atoms with Gasteiger partial charge in [-0.2, -0.15) is 0 Å². The van der Waals surface area contributed by atoms with Crippen LogP contribution in [-0.2, 0) is 4.79 Å². The molecule has 0 saturated carbocycles. The van der Waals surface area contributed by atoms with E-state index in [0.717, 1.165) is 47.1 Å². The van der Waals surface area contributed by atoms with Gasteiger partial charge >= 0.3 is 0 Å². The second kappa shape index (κ2) is 12.8. The summed E-state index contributed by atoms with van der Waals surface area (Å²) in [6.45, 7) is 13.1. The highest BCUT2D eigenvalue weighted by Crippen LogP contribution is 2.41. The number of pyridine rings is 1. The van der Waals surface area contributed by atoms with Gasteiger partial charge in [-0.15, -0.1) is 0 Å². The molecule has 1 aliphatic rings. The highest BCUT2D eigenvalue weighted by atomic mass is 32.1. The van der Waals surface area contributed by atoms with Crippen molar-refractivity contribution in [3.8, 4) is 5.69 Å². The summed E-state index contributed by atoms with van der Waals surface area (Å²) in [5, 5.41) is 7.18. The minimum absolute atomic E-state index is 0.0412. The van der Waals surface area contributed by atoms with Crippen molar-refractivity contribution in [2.75, 3.05) is 29.9 Å². The summed E-state index contributed by atoms with van der Waals surface area (Å²) in [6.07, 6.45) is 2.13. The Labute approximate surface area is 254 Å². The van der Waals surface area contributed by atoms with E-state index in [0.29, 0.717) is 18.1 Å². The summed E-state index contributed by atoms with van der Waals surface area (Å²) in [5.41, 5.74) is 8.68. The van der Waals surface area contributed by atoms with E-state index in [1.54, 1.807) is 0 Å². The van der Waals surface area contributed by atoms with Crippen molar-refractivity contribution >= 4 is 34.6 Å². The number of thiocarbonyl (C=S) groups is 1. The fourth-order valence-corrected chi connectivity index (χ4v) is 6.28. The van der Waals surface area contributed by atoms with Gasteiger partial charge in [0.2, 0.25) is 5.91 Å². The van der Waals surface area contributed by atoms with Crippen molar-refractivity contribution in [2.45, 2.75) is 53.1 Å². The van der Waals surface area contributed by atoms with Gasteiger partial charge in [0.25, 0.3) is 0 Å². The lowest BCUT2D eigenvalue weighted by molar-refractivity contribution is -0.116. The van der Waals surface area contributed by atoms with Gasteiger partial charge in [-0.1, -0.05) is 23.8 Å². The maximum Gasteiger partial charge on any atom is 0.226 e. The Hall–Kier alpha value is -4.17. The molecule has 2 aromatic heterocycles. The van der Waals surface area contributed by atoms with Crippen LogP contribution in [0.5, 0.6) is 0 Å². The van der Waals surface area contributed by atoms with Crippen LogP contribution in [0.2, 0.25) is 0 Å². The maximum atomic E-state index is 13.0. The summed E-state index contributed by atoms with van der Waals surface area (Å²) in [7, 11) is 0.